The number of rotatable bonds is 4. The molecular formula is C18H26N4O3. The normalized spacial score (nSPS) is 26.1. The molecule has 3 fully saturated rings. The van der Waals surface area contributed by atoms with Crippen molar-refractivity contribution in [1.82, 2.24) is 15.1 Å². The van der Waals surface area contributed by atoms with Gasteiger partial charge in [-0.25, -0.2) is 0 Å². The summed E-state index contributed by atoms with van der Waals surface area (Å²) in [5.41, 5.74) is -0.492. The monoisotopic (exact) mass is 346 g/mol. The third-order valence-electron chi connectivity index (χ3n) is 5.97. The summed E-state index contributed by atoms with van der Waals surface area (Å²) in [7, 11) is 1.58. The Bertz CT molecular complexity index is 600. The van der Waals surface area contributed by atoms with Crippen molar-refractivity contribution in [2.24, 2.45) is 11.3 Å². The largest absolute Gasteiger partial charge is 0.359 e. The van der Waals surface area contributed by atoms with E-state index in [1.807, 2.05) is 0 Å². The van der Waals surface area contributed by atoms with Crippen LogP contribution in [-0.2, 0) is 14.4 Å². The second-order valence-electron chi connectivity index (χ2n) is 7.64. The molecule has 0 aromatic carbocycles. The van der Waals surface area contributed by atoms with Crippen molar-refractivity contribution in [1.29, 1.82) is 5.26 Å². The maximum absolute atomic E-state index is 12.5. The van der Waals surface area contributed by atoms with E-state index in [-0.39, 0.29) is 36.1 Å². The van der Waals surface area contributed by atoms with Crippen molar-refractivity contribution in [2.75, 3.05) is 26.7 Å². The molecule has 136 valence electrons. The maximum Gasteiger partial charge on any atom is 0.225 e. The molecule has 0 bridgehead atoms. The summed E-state index contributed by atoms with van der Waals surface area (Å²) in [6.45, 7) is 1.48. The van der Waals surface area contributed by atoms with Crippen molar-refractivity contribution in [3.63, 3.8) is 0 Å². The quantitative estimate of drug-likeness (QED) is 0.809. The van der Waals surface area contributed by atoms with Crippen LogP contribution in [0, 0.1) is 22.7 Å². The Morgan fingerprint density at radius 3 is 2.52 bits per heavy atom. The van der Waals surface area contributed by atoms with Crippen LogP contribution in [0.25, 0.3) is 0 Å². The summed E-state index contributed by atoms with van der Waals surface area (Å²) >= 11 is 0. The molecular weight excluding hydrogens is 320 g/mol. The number of carbonyl (C=O) groups is 3. The molecule has 0 spiro atoms. The Morgan fingerprint density at radius 1 is 1.24 bits per heavy atom. The summed E-state index contributed by atoms with van der Waals surface area (Å²) < 4.78 is 0. The van der Waals surface area contributed by atoms with E-state index in [9.17, 15) is 19.6 Å². The zero-order valence-corrected chi connectivity index (χ0v) is 14.8. The Kier molecular flexibility index (Phi) is 4.98. The molecule has 2 heterocycles. The zero-order chi connectivity index (χ0) is 18.0. The first kappa shape index (κ1) is 17.7. The number of nitriles is 1. The summed E-state index contributed by atoms with van der Waals surface area (Å²) in [5, 5.41) is 12.1. The molecule has 1 unspecified atom stereocenters. The minimum Gasteiger partial charge on any atom is -0.359 e. The van der Waals surface area contributed by atoms with Crippen LogP contribution < -0.4 is 5.32 Å². The van der Waals surface area contributed by atoms with Crippen LogP contribution in [0.5, 0.6) is 0 Å². The first-order valence-electron chi connectivity index (χ1n) is 9.18. The third kappa shape index (κ3) is 3.48. The van der Waals surface area contributed by atoms with Gasteiger partial charge in [-0.15, -0.1) is 0 Å². The summed E-state index contributed by atoms with van der Waals surface area (Å²) in [6.07, 6.45) is 5.36. The van der Waals surface area contributed by atoms with E-state index >= 15 is 0 Å². The molecule has 2 aliphatic heterocycles. The minimum absolute atomic E-state index is 0.00789. The lowest BCUT2D eigenvalue weighted by Crippen LogP contribution is -2.62. The maximum atomic E-state index is 12.5. The van der Waals surface area contributed by atoms with Gasteiger partial charge in [-0.05, 0) is 12.8 Å². The molecule has 7 heteroatoms. The SMILES string of the molecule is CNC(=O)C1CC(=O)N(C2CN(C(=O)CC3(C#N)CCCCC3)C2)C1. The fourth-order valence-corrected chi connectivity index (χ4v) is 4.28. The average molecular weight is 346 g/mol. The Morgan fingerprint density at radius 2 is 1.92 bits per heavy atom. The van der Waals surface area contributed by atoms with Gasteiger partial charge in [-0.2, -0.15) is 5.26 Å². The Labute approximate surface area is 148 Å². The van der Waals surface area contributed by atoms with Gasteiger partial charge in [0.2, 0.25) is 17.7 Å². The van der Waals surface area contributed by atoms with Gasteiger partial charge >= 0.3 is 0 Å². The molecule has 3 aliphatic rings. The van der Waals surface area contributed by atoms with Crippen molar-refractivity contribution < 1.29 is 14.4 Å². The van der Waals surface area contributed by atoms with Gasteiger partial charge in [0.05, 0.1) is 23.4 Å². The van der Waals surface area contributed by atoms with Crippen LogP contribution in [0.4, 0.5) is 0 Å². The minimum atomic E-state index is -0.492. The molecule has 0 aromatic heterocycles. The number of hydrogen-bond donors (Lipinski definition) is 1. The van der Waals surface area contributed by atoms with E-state index in [1.165, 1.54) is 0 Å². The lowest BCUT2D eigenvalue weighted by Gasteiger charge is -2.45. The van der Waals surface area contributed by atoms with Gasteiger partial charge in [-0.3, -0.25) is 14.4 Å². The van der Waals surface area contributed by atoms with Crippen LogP contribution in [0.3, 0.4) is 0 Å². The Hall–Kier alpha value is -2.10. The molecule has 3 amide bonds. The molecule has 3 rings (SSSR count). The number of nitrogens with zero attached hydrogens (tertiary/aromatic N) is 3. The molecule has 0 aromatic rings. The smallest absolute Gasteiger partial charge is 0.225 e. The molecule has 1 saturated carbocycles. The van der Waals surface area contributed by atoms with Gasteiger partial charge in [0, 0.05) is 39.5 Å². The first-order valence-corrected chi connectivity index (χ1v) is 9.18. The van der Waals surface area contributed by atoms with Crippen LogP contribution in [0.15, 0.2) is 0 Å². The second-order valence-corrected chi connectivity index (χ2v) is 7.64. The Balaban J connectivity index is 1.50. The topological polar surface area (TPSA) is 93.5 Å². The van der Waals surface area contributed by atoms with Crippen molar-refractivity contribution in [3.05, 3.63) is 0 Å². The molecule has 7 nitrogen and oxygen atoms in total. The predicted octanol–water partition coefficient (Wildman–Crippen LogP) is 0.656. The van der Waals surface area contributed by atoms with Crippen LogP contribution >= 0.6 is 0 Å². The van der Waals surface area contributed by atoms with Gasteiger partial charge in [0.15, 0.2) is 0 Å². The molecule has 25 heavy (non-hydrogen) atoms. The number of amides is 3. The summed E-state index contributed by atoms with van der Waals surface area (Å²) in [6, 6.07) is 2.40. The fraction of sp³-hybridized carbons (Fsp3) is 0.778. The van der Waals surface area contributed by atoms with Gasteiger partial charge in [-0.1, -0.05) is 19.3 Å². The fourth-order valence-electron chi connectivity index (χ4n) is 4.28. The highest BCUT2D eigenvalue weighted by molar-refractivity contribution is 5.89. The lowest BCUT2D eigenvalue weighted by atomic mass is 9.72. The van der Waals surface area contributed by atoms with Crippen molar-refractivity contribution in [3.8, 4) is 6.07 Å². The van der Waals surface area contributed by atoms with Crippen molar-refractivity contribution in [2.45, 2.75) is 51.0 Å². The van der Waals surface area contributed by atoms with Gasteiger partial charge in [0.25, 0.3) is 0 Å². The number of hydrogen-bond acceptors (Lipinski definition) is 4. The highest BCUT2D eigenvalue weighted by Crippen LogP contribution is 2.39. The number of likely N-dealkylation sites (tertiary alicyclic amines) is 2. The van der Waals surface area contributed by atoms with E-state index in [0.717, 1.165) is 32.1 Å². The van der Waals surface area contributed by atoms with E-state index in [2.05, 4.69) is 11.4 Å². The molecule has 0 radical (unpaired) electrons. The first-order chi connectivity index (χ1) is 12.0. The molecule has 1 N–H and O–H groups in total. The van der Waals surface area contributed by atoms with Gasteiger partial charge < -0.3 is 15.1 Å². The lowest BCUT2D eigenvalue weighted by molar-refractivity contribution is -0.145. The molecule has 2 saturated heterocycles. The second kappa shape index (κ2) is 7.03. The van der Waals surface area contributed by atoms with E-state index in [1.54, 1.807) is 16.8 Å². The highest BCUT2D eigenvalue weighted by Gasteiger charge is 2.44. The van der Waals surface area contributed by atoms with E-state index in [4.69, 9.17) is 0 Å². The van der Waals surface area contributed by atoms with Crippen LogP contribution in [0.2, 0.25) is 0 Å². The number of nitrogens with one attached hydrogen (secondary N) is 1. The zero-order valence-electron chi connectivity index (χ0n) is 14.8. The van der Waals surface area contributed by atoms with E-state index < -0.39 is 5.41 Å². The van der Waals surface area contributed by atoms with E-state index in [0.29, 0.717) is 26.1 Å². The summed E-state index contributed by atoms with van der Waals surface area (Å²) in [5.74, 6) is -0.372. The van der Waals surface area contributed by atoms with Crippen molar-refractivity contribution >= 4 is 17.7 Å². The predicted molar refractivity (Wildman–Crippen MR) is 90.0 cm³/mol. The third-order valence-corrected chi connectivity index (χ3v) is 5.97. The van der Waals surface area contributed by atoms with Gasteiger partial charge in [0.1, 0.15) is 0 Å². The highest BCUT2D eigenvalue weighted by atomic mass is 16.2. The molecule has 1 atom stereocenters. The average Bonchev–Trinajstić information content (AvgIpc) is 2.95. The number of carbonyl (C=O) groups excluding carboxylic acids is 3. The standard InChI is InChI=1S/C18H26N4O3/c1-20-17(25)13-7-15(23)22(9-13)14-10-21(11-14)16(24)8-18(12-19)5-3-2-4-6-18/h13-14H,2-11H2,1H3,(H,20,25). The molecule has 1 aliphatic carbocycles. The summed E-state index contributed by atoms with van der Waals surface area (Å²) in [4.78, 5) is 39.9. The van der Waals surface area contributed by atoms with Crippen LogP contribution in [-0.4, -0.2) is 60.2 Å². The van der Waals surface area contributed by atoms with Crippen LogP contribution in [0.1, 0.15) is 44.9 Å².